The van der Waals surface area contributed by atoms with Crippen molar-refractivity contribution >= 4 is 23.5 Å². The average molecular weight is 646 g/mol. The number of halogens is 1. The molecule has 0 aliphatic heterocycles. The Morgan fingerprint density at radius 2 is 1.76 bits per heavy atom. The molecule has 1 aliphatic rings. The van der Waals surface area contributed by atoms with Crippen molar-refractivity contribution in [1.29, 1.82) is 0 Å². The summed E-state index contributed by atoms with van der Waals surface area (Å²) in [5.74, 6) is -3.02. The third kappa shape index (κ3) is 7.59. The average Bonchev–Trinajstić information content (AvgIpc) is 3.46. The molecular formula is C27H28ClN7O10. The van der Waals surface area contributed by atoms with Crippen LogP contribution < -0.4 is 14.4 Å². The number of hydrogen-bond donors (Lipinski definition) is 5. The molecule has 0 saturated heterocycles. The first-order chi connectivity index (χ1) is 21.5. The summed E-state index contributed by atoms with van der Waals surface area (Å²) in [4.78, 5) is 35.3. The molecule has 1 amide bonds. The maximum atomic E-state index is 13.2. The van der Waals surface area contributed by atoms with Gasteiger partial charge in [0.25, 0.3) is 0 Å². The minimum atomic E-state index is -3.29. The molecule has 0 unspecified atom stereocenters. The number of methoxy groups -OCH3 is 1. The van der Waals surface area contributed by atoms with Gasteiger partial charge in [-0.05, 0) is 43.4 Å². The van der Waals surface area contributed by atoms with Gasteiger partial charge in [-0.15, -0.1) is 0 Å². The molecule has 0 aromatic carbocycles. The Hall–Kier alpha value is -4.52. The van der Waals surface area contributed by atoms with Gasteiger partial charge in [0, 0.05) is 36.4 Å². The molecule has 0 radical (unpaired) electrons. The van der Waals surface area contributed by atoms with Gasteiger partial charge in [0.05, 0.1) is 12.7 Å². The van der Waals surface area contributed by atoms with Crippen LogP contribution in [0.1, 0.15) is 31.2 Å². The minimum absolute atomic E-state index is 0.00329. The topological polar surface area (TPSA) is 240 Å². The van der Waals surface area contributed by atoms with Crippen molar-refractivity contribution in [3.05, 3.63) is 53.8 Å². The first-order valence-corrected chi connectivity index (χ1v) is 13.9. The van der Waals surface area contributed by atoms with Crippen LogP contribution in [0.5, 0.6) is 12.0 Å². The van der Waals surface area contributed by atoms with E-state index in [0.717, 1.165) is 12.5 Å². The van der Waals surface area contributed by atoms with Crippen molar-refractivity contribution in [2.24, 2.45) is 0 Å². The van der Waals surface area contributed by atoms with Crippen LogP contribution in [0.3, 0.4) is 0 Å². The molecule has 45 heavy (non-hydrogen) atoms. The third-order valence-electron chi connectivity index (χ3n) is 6.85. The van der Waals surface area contributed by atoms with E-state index in [0.29, 0.717) is 36.8 Å². The second-order valence-corrected chi connectivity index (χ2v) is 10.3. The first kappa shape index (κ1) is 31.9. The molecule has 0 bridgehead atoms. The summed E-state index contributed by atoms with van der Waals surface area (Å²) < 4.78 is 20.9. The van der Waals surface area contributed by atoms with Crippen molar-refractivity contribution in [3.63, 3.8) is 0 Å². The highest BCUT2D eigenvalue weighted by atomic mass is 35.5. The molecule has 17 nitrogen and oxygen atoms in total. The summed E-state index contributed by atoms with van der Waals surface area (Å²) in [7, 11) is 1.45. The lowest BCUT2D eigenvalue weighted by molar-refractivity contribution is -0.323. The van der Waals surface area contributed by atoms with Crippen molar-refractivity contribution in [1.82, 2.24) is 30.1 Å². The standard InChI is InChI=1S/C27H28ClN7O10/c1-42-24-30-9-15(10-31-24)14-6-7-29-20(8-14)35(26(38)43-13-21(36)37)16-2-4-17(5-3-16)45-25-32-11-18(27(39,40)41)22(33-25)23-19(28)12-44-34-23/h6-12,16-17,21,36-37,39-41H,2-5,13H2,1H3. The molecule has 1 saturated carbocycles. The molecule has 238 valence electrons. The number of aromatic nitrogens is 6. The van der Waals surface area contributed by atoms with Gasteiger partial charge >= 0.3 is 24.1 Å². The second-order valence-electron chi connectivity index (χ2n) is 9.90. The summed E-state index contributed by atoms with van der Waals surface area (Å²) in [5, 5.41) is 51.5. The Morgan fingerprint density at radius 1 is 1.04 bits per heavy atom. The number of aliphatic hydroxyl groups is 5. The predicted molar refractivity (Wildman–Crippen MR) is 151 cm³/mol. The SMILES string of the molecule is COc1ncc(-c2ccnc(N(C(=O)OCC(O)O)C3CCC(Oc4ncc(C(O)(O)O)c(-c5nocc5Cl)n4)CC3)c2)cn1. The summed E-state index contributed by atoms with van der Waals surface area (Å²) in [6.45, 7) is -0.637. The number of aliphatic hydroxyl groups excluding tert-OH is 1. The quantitative estimate of drug-likeness (QED) is 0.153. The Morgan fingerprint density at radius 3 is 2.38 bits per heavy atom. The van der Waals surface area contributed by atoms with Gasteiger partial charge in [-0.1, -0.05) is 16.8 Å². The summed E-state index contributed by atoms with van der Waals surface area (Å²) >= 11 is 6.07. The lowest BCUT2D eigenvalue weighted by Gasteiger charge is -2.35. The highest BCUT2D eigenvalue weighted by molar-refractivity contribution is 6.32. The monoisotopic (exact) mass is 645 g/mol. The lowest BCUT2D eigenvalue weighted by atomic mass is 9.92. The van der Waals surface area contributed by atoms with Gasteiger partial charge in [-0.3, -0.25) is 4.90 Å². The van der Waals surface area contributed by atoms with Crippen LogP contribution in [0.25, 0.3) is 22.5 Å². The van der Waals surface area contributed by atoms with Gasteiger partial charge in [-0.25, -0.2) is 24.7 Å². The Labute approximate surface area is 259 Å². The zero-order valence-corrected chi connectivity index (χ0v) is 24.4. The highest BCUT2D eigenvalue weighted by Gasteiger charge is 2.35. The van der Waals surface area contributed by atoms with Crippen molar-refractivity contribution in [2.75, 3.05) is 18.6 Å². The predicted octanol–water partition coefficient (Wildman–Crippen LogP) is 1.38. The van der Waals surface area contributed by atoms with Gasteiger partial charge in [0.2, 0.25) is 0 Å². The fourth-order valence-electron chi connectivity index (χ4n) is 4.75. The number of hydrogen-bond acceptors (Lipinski definition) is 16. The van der Waals surface area contributed by atoms with Gasteiger partial charge in [0.15, 0.2) is 12.0 Å². The van der Waals surface area contributed by atoms with Crippen LogP contribution in [-0.2, 0) is 10.7 Å². The minimum Gasteiger partial charge on any atom is -0.467 e. The van der Waals surface area contributed by atoms with E-state index in [2.05, 4.69) is 30.1 Å². The first-order valence-electron chi connectivity index (χ1n) is 13.5. The third-order valence-corrected chi connectivity index (χ3v) is 7.12. The number of pyridine rings is 1. The Balaban J connectivity index is 1.34. The summed E-state index contributed by atoms with van der Waals surface area (Å²) in [6, 6.07) is 3.03. The maximum absolute atomic E-state index is 13.2. The number of anilines is 1. The Bertz CT molecular complexity index is 1610. The number of rotatable bonds is 10. The number of amides is 1. The van der Waals surface area contributed by atoms with Crippen LogP contribution in [0.15, 0.2) is 47.7 Å². The van der Waals surface area contributed by atoms with Crippen LogP contribution in [0.2, 0.25) is 5.02 Å². The molecule has 5 rings (SSSR count). The van der Waals surface area contributed by atoms with Gasteiger partial charge in [0.1, 0.15) is 35.5 Å². The van der Waals surface area contributed by atoms with E-state index in [-0.39, 0.29) is 34.2 Å². The van der Waals surface area contributed by atoms with Gasteiger partial charge < -0.3 is 44.3 Å². The number of carbonyl (C=O) groups is 1. The molecule has 0 atom stereocenters. The zero-order valence-electron chi connectivity index (χ0n) is 23.6. The van der Waals surface area contributed by atoms with E-state index >= 15 is 0 Å². The van der Waals surface area contributed by atoms with Crippen molar-refractivity contribution in [3.8, 4) is 34.5 Å². The fourth-order valence-corrected chi connectivity index (χ4v) is 4.91. The molecule has 4 aromatic rings. The van der Waals surface area contributed by atoms with E-state index in [9.17, 15) is 30.3 Å². The largest absolute Gasteiger partial charge is 0.467 e. The van der Waals surface area contributed by atoms with Gasteiger partial charge in [-0.2, -0.15) is 4.98 Å². The molecular weight excluding hydrogens is 618 g/mol. The van der Waals surface area contributed by atoms with E-state index in [1.54, 1.807) is 24.5 Å². The molecule has 4 aromatic heterocycles. The van der Waals surface area contributed by atoms with E-state index in [1.165, 1.54) is 18.2 Å². The lowest BCUT2D eigenvalue weighted by Crippen LogP contribution is -2.45. The van der Waals surface area contributed by atoms with Crippen molar-refractivity contribution < 1.29 is 49.1 Å². The smallest absolute Gasteiger partial charge is 0.415 e. The fraction of sp³-hybridized carbons (Fsp3) is 0.370. The van der Waals surface area contributed by atoms with Crippen LogP contribution in [-0.4, -0.2) is 93.9 Å². The molecule has 1 fully saturated rings. The van der Waals surface area contributed by atoms with Crippen LogP contribution in [0, 0.1) is 0 Å². The highest BCUT2D eigenvalue weighted by Crippen LogP contribution is 2.34. The second kappa shape index (κ2) is 13.6. The van der Waals surface area contributed by atoms with E-state index < -0.39 is 42.7 Å². The maximum Gasteiger partial charge on any atom is 0.415 e. The molecule has 18 heteroatoms. The normalized spacial score (nSPS) is 16.8. The molecule has 4 heterocycles. The number of carbonyl (C=O) groups excluding carboxylic acids is 1. The number of nitrogens with zero attached hydrogens (tertiary/aromatic N) is 7. The molecule has 0 spiro atoms. The molecule has 5 N–H and O–H groups in total. The van der Waals surface area contributed by atoms with E-state index in [4.69, 9.17) is 30.3 Å². The Kier molecular flexibility index (Phi) is 9.66. The summed E-state index contributed by atoms with van der Waals surface area (Å²) in [6.07, 6.45) is 5.33. The van der Waals surface area contributed by atoms with Crippen molar-refractivity contribution in [2.45, 2.75) is 50.1 Å². The van der Waals surface area contributed by atoms with E-state index in [1.807, 2.05) is 0 Å². The molecule has 1 aliphatic carbocycles. The van der Waals surface area contributed by atoms with Crippen LogP contribution in [0.4, 0.5) is 10.6 Å². The zero-order chi connectivity index (χ0) is 32.1. The summed E-state index contributed by atoms with van der Waals surface area (Å²) in [5.41, 5.74) is 0.539. The number of ether oxygens (including phenoxy) is 3. The van der Waals surface area contributed by atoms with Crippen LogP contribution >= 0.6 is 11.6 Å².